The van der Waals surface area contributed by atoms with Crippen LogP contribution in [0.3, 0.4) is 0 Å². The Morgan fingerprint density at radius 1 is 1.07 bits per heavy atom. The van der Waals surface area contributed by atoms with Crippen LogP contribution in [-0.2, 0) is 0 Å². The fraction of sp³-hybridized carbons (Fsp3) is 0.667. The normalized spacial score (nSPS) is 37.0. The maximum absolute atomic E-state index is 3.54. The molecule has 76 valence electrons. The summed E-state index contributed by atoms with van der Waals surface area (Å²) in [6, 6.07) is 2.25. The fourth-order valence-corrected chi connectivity index (χ4v) is 3.25. The van der Waals surface area contributed by atoms with Crippen LogP contribution in [0, 0.1) is 11.8 Å². The van der Waals surface area contributed by atoms with E-state index in [1.807, 2.05) is 0 Å². The van der Waals surface area contributed by atoms with Gasteiger partial charge in [-0.1, -0.05) is 0 Å². The van der Waals surface area contributed by atoms with Gasteiger partial charge in [-0.3, -0.25) is 0 Å². The molecule has 1 aromatic heterocycles. The number of aromatic nitrogens is 1. The number of hydrogen-bond acceptors (Lipinski definition) is 1. The number of rotatable bonds is 1. The van der Waals surface area contributed by atoms with Gasteiger partial charge < -0.3 is 10.3 Å². The van der Waals surface area contributed by atoms with Gasteiger partial charge in [-0.25, -0.2) is 0 Å². The molecule has 0 aromatic carbocycles. The zero-order chi connectivity index (χ0) is 9.38. The summed E-state index contributed by atoms with van der Waals surface area (Å²) in [4.78, 5) is 3.18. The molecule has 2 unspecified atom stereocenters. The fourth-order valence-electron chi connectivity index (χ4n) is 3.25. The second-order valence-corrected chi connectivity index (χ2v) is 4.94. The summed E-state index contributed by atoms with van der Waals surface area (Å²) in [5.74, 6) is 2.69. The van der Waals surface area contributed by atoms with Crippen LogP contribution >= 0.6 is 0 Å². The number of aromatic amines is 1. The summed E-state index contributed by atoms with van der Waals surface area (Å²) < 4.78 is 0. The first kappa shape index (κ1) is 8.54. The first-order valence-electron chi connectivity index (χ1n) is 5.75. The van der Waals surface area contributed by atoms with Crippen LogP contribution < -0.4 is 5.32 Å². The van der Waals surface area contributed by atoms with E-state index in [0.29, 0.717) is 0 Å². The van der Waals surface area contributed by atoms with E-state index in [9.17, 15) is 0 Å². The van der Waals surface area contributed by atoms with E-state index in [1.165, 1.54) is 37.9 Å². The standard InChI is InChI=1S/C12H18N2/c1-2-13-8-11(1)12-4-9-3-10(5-12)7-14-6-9/h1-2,8-10,12-14H,3-7H2. The number of H-pyrrole nitrogens is 1. The van der Waals surface area contributed by atoms with Crippen LogP contribution in [0.15, 0.2) is 18.5 Å². The van der Waals surface area contributed by atoms with Gasteiger partial charge in [-0.15, -0.1) is 0 Å². The molecule has 2 nitrogen and oxygen atoms in total. The van der Waals surface area contributed by atoms with Crippen molar-refractivity contribution in [2.24, 2.45) is 11.8 Å². The molecule has 0 spiro atoms. The minimum atomic E-state index is 0.826. The predicted molar refractivity (Wildman–Crippen MR) is 57.2 cm³/mol. The lowest BCUT2D eigenvalue weighted by Gasteiger charge is -2.39. The van der Waals surface area contributed by atoms with Gasteiger partial charge >= 0.3 is 0 Å². The summed E-state index contributed by atoms with van der Waals surface area (Å²) in [7, 11) is 0. The van der Waals surface area contributed by atoms with Gasteiger partial charge in [0.05, 0.1) is 0 Å². The van der Waals surface area contributed by atoms with E-state index in [2.05, 4.69) is 28.8 Å². The van der Waals surface area contributed by atoms with Crippen molar-refractivity contribution in [3.8, 4) is 0 Å². The third-order valence-electron chi connectivity index (χ3n) is 3.86. The molecule has 0 radical (unpaired) electrons. The van der Waals surface area contributed by atoms with E-state index in [4.69, 9.17) is 0 Å². The summed E-state index contributed by atoms with van der Waals surface area (Å²) in [5.41, 5.74) is 1.53. The van der Waals surface area contributed by atoms with Gasteiger partial charge in [-0.2, -0.15) is 0 Å². The average Bonchev–Trinajstić information content (AvgIpc) is 2.69. The molecule has 2 heterocycles. The maximum Gasteiger partial charge on any atom is 0.00401 e. The number of fused-ring (bicyclic) bond motifs is 2. The second kappa shape index (κ2) is 3.43. The van der Waals surface area contributed by atoms with Crippen LogP contribution in [0.5, 0.6) is 0 Å². The van der Waals surface area contributed by atoms with Crippen molar-refractivity contribution in [2.75, 3.05) is 13.1 Å². The van der Waals surface area contributed by atoms with E-state index < -0.39 is 0 Å². The first-order valence-corrected chi connectivity index (χ1v) is 5.75. The molecule has 2 atom stereocenters. The molecule has 1 aliphatic heterocycles. The molecule has 1 aliphatic carbocycles. The molecule has 2 fully saturated rings. The molecule has 1 saturated heterocycles. The Balaban J connectivity index is 1.77. The predicted octanol–water partition coefficient (Wildman–Crippen LogP) is 2.12. The van der Waals surface area contributed by atoms with Gasteiger partial charge in [0.15, 0.2) is 0 Å². The second-order valence-electron chi connectivity index (χ2n) is 4.94. The van der Waals surface area contributed by atoms with Gasteiger partial charge in [0.1, 0.15) is 0 Å². The van der Waals surface area contributed by atoms with Crippen molar-refractivity contribution in [1.29, 1.82) is 0 Å². The number of piperidine rings is 1. The van der Waals surface area contributed by atoms with Crippen molar-refractivity contribution in [1.82, 2.24) is 10.3 Å². The van der Waals surface area contributed by atoms with Crippen molar-refractivity contribution in [2.45, 2.75) is 25.2 Å². The maximum atomic E-state index is 3.54. The Hall–Kier alpha value is -0.760. The Labute approximate surface area is 85.1 Å². The Kier molecular flexibility index (Phi) is 2.09. The topological polar surface area (TPSA) is 27.8 Å². The molecule has 2 aliphatic rings. The molecule has 2 N–H and O–H groups in total. The first-order chi connectivity index (χ1) is 6.92. The van der Waals surface area contributed by atoms with Crippen LogP contribution in [-0.4, -0.2) is 18.1 Å². The highest BCUT2D eigenvalue weighted by molar-refractivity contribution is 5.16. The smallest absolute Gasteiger partial charge is 0.00401 e. The van der Waals surface area contributed by atoms with Gasteiger partial charge in [0.25, 0.3) is 0 Å². The van der Waals surface area contributed by atoms with Gasteiger partial charge in [0, 0.05) is 12.4 Å². The van der Waals surface area contributed by atoms with Crippen LogP contribution in [0.25, 0.3) is 0 Å². The number of nitrogens with one attached hydrogen (secondary N) is 2. The zero-order valence-corrected chi connectivity index (χ0v) is 8.50. The molecule has 3 rings (SSSR count). The third kappa shape index (κ3) is 1.48. The SMILES string of the molecule is c1cc(C2CC3CNCC(C3)C2)c[nH]1. The summed E-state index contributed by atoms with van der Waals surface area (Å²) in [6.07, 6.45) is 8.48. The molecule has 1 aromatic rings. The Morgan fingerprint density at radius 2 is 1.86 bits per heavy atom. The molecule has 2 heteroatoms. The summed E-state index contributed by atoms with van der Waals surface area (Å²) in [5, 5.41) is 3.54. The molecule has 2 bridgehead atoms. The van der Waals surface area contributed by atoms with Crippen molar-refractivity contribution >= 4 is 0 Å². The highest BCUT2D eigenvalue weighted by Gasteiger charge is 2.32. The van der Waals surface area contributed by atoms with Crippen LogP contribution in [0.2, 0.25) is 0 Å². The third-order valence-corrected chi connectivity index (χ3v) is 3.86. The van der Waals surface area contributed by atoms with Crippen LogP contribution in [0.4, 0.5) is 0 Å². The molecule has 0 amide bonds. The van der Waals surface area contributed by atoms with Crippen molar-refractivity contribution in [3.05, 3.63) is 24.0 Å². The molecular weight excluding hydrogens is 172 g/mol. The highest BCUT2D eigenvalue weighted by Crippen LogP contribution is 2.40. The largest absolute Gasteiger partial charge is 0.367 e. The molecule has 14 heavy (non-hydrogen) atoms. The van der Waals surface area contributed by atoms with E-state index in [0.717, 1.165) is 17.8 Å². The minimum absolute atomic E-state index is 0.826. The Morgan fingerprint density at radius 3 is 2.50 bits per heavy atom. The Bertz CT molecular complexity index is 279. The number of hydrogen-bond donors (Lipinski definition) is 2. The van der Waals surface area contributed by atoms with Gasteiger partial charge in [0.2, 0.25) is 0 Å². The monoisotopic (exact) mass is 190 g/mol. The van der Waals surface area contributed by atoms with E-state index in [-0.39, 0.29) is 0 Å². The van der Waals surface area contributed by atoms with Crippen LogP contribution in [0.1, 0.15) is 30.7 Å². The van der Waals surface area contributed by atoms with E-state index >= 15 is 0 Å². The van der Waals surface area contributed by atoms with Gasteiger partial charge in [-0.05, 0) is 61.7 Å². The molecular formula is C12H18N2. The quantitative estimate of drug-likeness (QED) is 0.697. The molecule has 1 saturated carbocycles. The summed E-state index contributed by atoms with van der Waals surface area (Å²) >= 11 is 0. The zero-order valence-electron chi connectivity index (χ0n) is 8.50. The average molecular weight is 190 g/mol. The lowest BCUT2D eigenvalue weighted by Crippen LogP contribution is -2.40. The lowest BCUT2D eigenvalue weighted by molar-refractivity contribution is 0.186. The van der Waals surface area contributed by atoms with Crippen molar-refractivity contribution < 1.29 is 0 Å². The summed E-state index contributed by atoms with van der Waals surface area (Å²) in [6.45, 7) is 2.49. The lowest BCUT2D eigenvalue weighted by atomic mass is 9.71. The van der Waals surface area contributed by atoms with Crippen molar-refractivity contribution in [3.63, 3.8) is 0 Å². The van der Waals surface area contributed by atoms with E-state index in [1.54, 1.807) is 0 Å². The highest BCUT2D eigenvalue weighted by atomic mass is 14.9. The minimum Gasteiger partial charge on any atom is -0.367 e.